The lowest BCUT2D eigenvalue weighted by Gasteiger charge is -2.33. The molecular formula is C16H31N3O. The number of amides is 2. The number of nitrogens with zero attached hydrogens (tertiary/aromatic N) is 2. The van der Waals surface area contributed by atoms with Gasteiger partial charge in [-0.3, -0.25) is 4.90 Å². The summed E-state index contributed by atoms with van der Waals surface area (Å²) in [6.45, 7) is 14.3. The van der Waals surface area contributed by atoms with Crippen molar-refractivity contribution in [2.75, 3.05) is 33.2 Å². The minimum Gasteiger partial charge on any atom is -0.335 e. The van der Waals surface area contributed by atoms with Crippen molar-refractivity contribution >= 4 is 6.03 Å². The van der Waals surface area contributed by atoms with Crippen molar-refractivity contribution in [1.29, 1.82) is 0 Å². The zero-order valence-corrected chi connectivity index (χ0v) is 13.6. The van der Waals surface area contributed by atoms with Crippen molar-refractivity contribution < 1.29 is 4.79 Å². The second-order valence-corrected chi connectivity index (χ2v) is 6.35. The van der Waals surface area contributed by atoms with Gasteiger partial charge in [0.05, 0.1) is 0 Å². The van der Waals surface area contributed by atoms with Crippen LogP contribution in [0.3, 0.4) is 0 Å². The molecule has 1 fully saturated rings. The second kappa shape index (κ2) is 8.30. The number of nitrogens with one attached hydrogen (secondary N) is 1. The van der Waals surface area contributed by atoms with Crippen LogP contribution in [0.2, 0.25) is 0 Å². The summed E-state index contributed by atoms with van der Waals surface area (Å²) in [7, 11) is 1.89. The number of urea groups is 1. The van der Waals surface area contributed by atoms with Gasteiger partial charge in [-0.05, 0) is 25.7 Å². The van der Waals surface area contributed by atoms with Gasteiger partial charge in [0.15, 0.2) is 0 Å². The molecule has 1 aliphatic heterocycles. The van der Waals surface area contributed by atoms with Gasteiger partial charge in [-0.25, -0.2) is 4.79 Å². The summed E-state index contributed by atoms with van der Waals surface area (Å²) < 4.78 is 0. The lowest BCUT2D eigenvalue weighted by Crippen LogP contribution is -2.49. The first-order chi connectivity index (χ1) is 9.42. The Hall–Kier alpha value is -1.03. The highest BCUT2D eigenvalue weighted by molar-refractivity contribution is 5.74. The maximum Gasteiger partial charge on any atom is 0.317 e. The highest BCUT2D eigenvalue weighted by atomic mass is 16.2. The lowest BCUT2D eigenvalue weighted by atomic mass is 10.0. The predicted octanol–water partition coefficient (Wildman–Crippen LogP) is 2.71. The highest BCUT2D eigenvalue weighted by Gasteiger charge is 2.22. The number of hydrogen-bond donors (Lipinski definition) is 1. The predicted molar refractivity (Wildman–Crippen MR) is 84.9 cm³/mol. The standard InChI is InChI=1S/C16H31N3O/c1-6-14(4)12-18(5)16(20)17-15-7-9-19(10-8-15)11-13(2)3/h14-15H,2,6-12H2,1,3-5H3,(H,17,20)/t14-/m0/s1. The summed E-state index contributed by atoms with van der Waals surface area (Å²) in [4.78, 5) is 16.3. The molecule has 20 heavy (non-hydrogen) atoms. The minimum atomic E-state index is 0.0728. The molecule has 1 heterocycles. The molecule has 1 rings (SSSR count). The van der Waals surface area contributed by atoms with Gasteiger partial charge in [0.2, 0.25) is 0 Å². The molecule has 0 aliphatic carbocycles. The van der Waals surface area contributed by atoms with Crippen molar-refractivity contribution in [3.8, 4) is 0 Å². The molecule has 0 aromatic heterocycles. The first-order valence-electron chi connectivity index (χ1n) is 7.80. The summed E-state index contributed by atoms with van der Waals surface area (Å²) >= 11 is 0. The fourth-order valence-corrected chi connectivity index (χ4v) is 2.58. The molecule has 0 bridgehead atoms. The third-order valence-electron chi connectivity index (χ3n) is 4.04. The Bertz CT molecular complexity index is 322. The van der Waals surface area contributed by atoms with Crippen LogP contribution in [0.1, 0.15) is 40.0 Å². The van der Waals surface area contributed by atoms with Crippen LogP contribution in [-0.2, 0) is 0 Å². The number of carbonyl (C=O) groups excluding carboxylic acids is 1. The topological polar surface area (TPSA) is 35.6 Å². The van der Waals surface area contributed by atoms with Gasteiger partial charge < -0.3 is 10.2 Å². The molecule has 116 valence electrons. The monoisotopic (exact) mass is 281 g/mol. The summed E-state index contributed by atoms with van der Waals surface area (Å²) in [5.74, 6) is 0.558. The van der Waals surface area contributed by atoms with Crippen LogP contribution in [0.4, 0.5) is 4.79 Å². The van der Waals surface area contributed by atoms with Crippen LogP contribution in [-0.4, -0.2) is 55.1 Å². The van der Waals surface area contributed by atoms with Crippen molar-refractivity contribution in [2.24, 2.45) is 5.92 Å². The fourth-order valence-electron chi connectivity index (χ4n) is 2.58. The van der Waals surface area contributed by atoms with E-state index in [4.69, 9.17) is 0 Å². The fraction of sp³-hybridized carbons (Fsp3) is 0.812. The van der Waals surface area contributed by atoms with E-state index in [1.165, 1.54) is 5.57 Å². The Morgan fingerprint density at radius 2 is 2.05 bits per heavy atom. The van der Waals surface area contributed by atoms with Crippen LogP contribution in [0.5, 0.6) is 0 Å². The van der Waals surface area contributed by atoms with E-state index in [0.717, 1.165) is 45.4 Å². The maximum atomic E-state index is 12.1. The van der Waals surface area contributed by atoms with Gasteiger partial charge >= 0.3 is 6.03 Å². The largest absolute Gasteiger partial charge is 0.335 e. The zero-order chi connectivity index (χ0) is 15.1. The number of likely N-dealkylation sites (tertiary alicyclic amines) is 1. The molecule has 4 heteroatoms. The highest BCUT2D eigenvalue weighted by Crippen LogP contribution is 2.12. The molecule has 2 amide bonds. The normalized spacial score (nSPS) is 18.6. The molecule has 4 nitrogen and oxygen atoms in total. The lowest BCUT2D eigenvalue weighted by molar-refractivity contribution is 0.179. The SMILES string of the molecule is C=C(C)CN1CCC(NC(=O)N(C)C[C@@H](C)CC)CC1. The number of rotatable bonds is 6. The van der Waals surface area contributed by atoms with E-state index in [9.17, 15) is 4.79 Å². The molecular weight excluding hydrogens is 250 g/mol. The Balaban J connectivity index is 2.29. The summed E-state index contributed by atoms with van der Waals surface area (Å²) in [6.07, 6.45) is 3.18. The summed E-state index contributed by atoms with van der Waals surface area (Å²) in [5.41, 5.74) is 1.21. The minimum absolute atomic E-state index is 0.0728. The van der Waals surface area contributed by atoms with E-state index >= 15 is 0 Å². The zero-order valence-electron chi connectivity index (χ0n) is 13.6. The Labute approximate surface area is 124 Å². The smallest absolute Gasteiger partial charge is 0.317 e. The Morgan fingerprint density at radius 3 is 2.55 bits per heavy atom. The quantitative estimate of drug-likeness (QED) is 0.760. The Morgan fingerprint density at radius 1 is 1.45 bits per heavy atom. The maximum absolute atomic E-state index is 12.1. The third kappa shape index (κ3) is 5.95. The summed E-state index contributed by atoms with van der Waals surface area (Å²) in [6, 6.07) is 0.395. The summed E-state index contributed by atoms with van der Waals surface area (Å²) in [5, 5.41) is 3.16. The van der Waals surface area contributed by atoms with E-state index in [-0.39, 0.29) is 6.03 Å². The van der Waals surface area contributed by atoms with Gasteiger partial charge in [0.1, 0.15) is 0 Å². The van der Waals surface area contributed by atoms with E-state index in [1.54, 1.807) is 0 Å². The van der Waals surface area contributed by atoms with E-state index in [1.807, 2.05) is 11.9 Å². The van der Waals surface area contributed by atoms with Gasteiger partial charge in [0, 0.05) is 39.3 Å². The van der Waals surface area contributed by atoms with Crippen LogP contribution in [0, 0.1) is 5.92 Å². The van der Waals surface area contributed by atoms with Gasteiger partial charge in [-0.15, -0.1) is 0 Å². The van der Waals surface area contributed by atoms with Gasteiger partial charge in [-0.2, -0.15) is 0 Å². The average molecular weight is 281 g/mol. The Kier molecular flexibility index (Phi) is 7.06. The first kappa shape index (κ1) is 17.0. The molecule has 0 spiro atoms. The molecule has 0 radical (unpaired) electrons. The molecule has 0 aromatic rings. The molecule has 1 atom stereocenters. The number of hydrogen-bond acceptors (Lipinski definition) is 2. The van der Waals surface area contributed by atoms with Gasteiger partial charge in [0.25, 0.3) is 0 Å². The second-order valence-electron chi connectivity index (χ2n) is 6.35. The average Bonchev–Trinajstić information content (AvgIpc) is 2.40. The molecule has 0 saturated carbocycles. The molecule has 0 unspecified atom stereocenters. The van der Waals surface area contributed by atoms with Crippen molar-refractivity contribution in [1.82, 2.24) is 15.1 Å². The van der Waals surface area contributed by atoms with Crippen molar-refractivity contribution in [3.05, 3.63) is 12.2 Å². The van der Waals surface area contributed by atoms with Crippen LogP contribution < -0.4 is 5.32 Å². The van der Waals surface area contributed by atoms with Crippen LogP contribution in [0.25, 0.3) is 0 Å². The molecule has 0 aromatic carbocycles. The van der Waals surface area contributed by atoms with Gasteiger partial charge in [-0.1, -0.05) is 32.4 Å². The third-order valence-corrected chi connectivity index (χ3v) is 4.04. The number of carbonyl (C=O) groups is 1. The van der Waals surface area contributed by atoms with Crippen LogP contribution >= 0.6 is 0 Å². The van der Waals surface area contributed by atoms with E-state index < -0.39 is 0 Å². The van der Waals surface area contributed by atoms with E-state index in [0.29, 0.717) is 12.0 Å². The molecule has 1 saturated heterocycles. The van der Waals surface area contributed by atoms with Crippen molar-refractivity contribution in [2.45, 2.75) is 46.1 Å². The number of piperidine rings is 1. The first-order valence-corrected chi connectivity index (χ1v) is 7.80. The molecule has 1 aliphatic rings. The molecule has 1 N–H and O–H groups in total. The van der Waals surface area contributed by atoms with E-state index in [2.05, 4.69) is 37.6 Å². The van der Waals surface area contributed by atoms with Crippen molar-refractivity contribution in [3.63, 3.8) is 0 Å². The van der Waals surface area contributed by atoms with Crippen LogP contribution in [0.15, 0.2) is 12.2 Å².